The molecule has 3 rings (SSSR count). The molecule has 2 aromatic rings. The molecular weight excluding hydrogens is 248 g/mol. The van der Waals surface area contributed by atoms with Crippen LogP contribution < -0.4 is 0 Å². The first-order chi connectivity index (χ1) is 9.72. The van der Waals surface area contributed by atoms with Gasteiger partial charge in [-0.15, -0.1) is 0 Å². The Morgan fingerprint density at radius 1 is 1.20 bits per heavy atom. The van der Waals surface area contributed by atoms with Crippen LogP contribution in [-0.4, -0.2) is 31.7 Å². The van der Waals surface area contributed by atoms with Crippen molar-refractivity contribution in [3.63, 3.8) is 0 Å². The predicted molar refractivity (Wildman–Crippen MR) is 79.1 cm³/mol. The molecule has 1 heterocycles. The van der Waals surface area contributed by atoms with Crippen molar-refractivity contribution < 1.29 is 4.74 Å². The van der Waals surface area contributed by atoms with Gasteiger partial charge in [0.1, 0.15) is 5.41 Å². The normalized spacial score (nSPS) is 16.9. The number of benzene rings is 2. The number of hydrogen-bond acceptors (Lipinski definition) is 3. The van der Waals surface area contributed by atoms with Gasteiger partial charge >= 0.3 is 0 Å². The summed E-state index contributed by atoms with van der Waals surface area (Å²) in [6.07, 6.45) is 0. The van der Waals surface area contributed by atoms with Crippen LogP contribution in [0.4, 0.5) is 0 Å². The zero-order valence-electron chi connectivity index (χ0n) is 11.7. The molecule has 20 heavy (non-hydrogen) atoms. The van der Waals surface area contributed by atoms with Gasteiger partial charge in [0.25, 0.3) is 0 Å². The maximum atomic E-state index is 9.27. The molecule has 1 fully saturated rings. The standard InChI is InChI=1S/C17H18N2O/c1-19(11-17(10-18)12-20-13-17)9-15-7-4-6-14-5-2-3-8-16(14)15/h2-8H,9,11-13H2,1H3. The highest BCUT2D eigenvalue weighted by Crippen LogP contribution is 2.28. The molecule has 0 N–H and O–H groups in total. The molecule has 0 aromatic heterocycles. The minimum Gasteiger partial charge on any atom is -0.378 e. The number of fused-ring (bicyclic) bond motifs is 1. The van der Waals surface area contributed by atoms with Crippen molar-refractivity contribution in [1.82, 2.24) is 4.90 Å². The third kappa shape index (κ3) is 2.40. The Balaban J connectivity index is 1.78. The van der Waals surface area contributed by atoms with Crippen LogP contribution in [0.5, 0.6) is 0 Å². The van der Waals surface area contributed by atoms with Crippen molar-refractivity contribution in [3.05, 3.63) is 48.0 Å². The van der Waals surface area contributed by atoms with Crippen LogP contribution >= 0.6 is 0 Å². The van der Waals surface area contributed by atoms with E-state index in [0.29, 0.717) is 13.2 Å². The lowest BCUT2D eigenvalue weighted by Crippen LogP contribution is -2.48. The van der Waals surface area contributed by atoms with Gasteiger partial charge < -0.3 is 9.64 Å². The summed E-state index contributed by atoms with van der Waals surface area (Å²) in [5.74, 6) is 0. The van der Waals surface area contributed by atoms with Crippen molar-refractivity contribution in [2.75, 3.05) is 26.8 Å². The Bertz CT molecular complexity index is 650. The first-order valence-electron chi connectivity index (χ1n) is 6.87. The van der Waals surface area contributed by atoms with Crippen LogP contribution in [0.3, 0.4) is 0 Å². The largest absolute Gasteiger partial charge is 0.378 e. The van der Waals surface area contributed by atoms with Crippen molar-refractivity contribution in [3.8, 4) is 6.07 Å². The molecule has 1 aliphatic rings. The summed E-state index contributed by atoms with van der Waals surface area (Å²) < 4.78 is 5.20. The molecule has 1 saturated heterocycles. The Kier molecular flexibility index (Phi) is 3.43. The predicted octanol–water partition coefficient (Wildman–Crippen LogP) is 2.81. The quantitative estimate of drug-likeness (QED) is 0.853. The van der Waals surface area contributed by atoms with E-state index < -0.39 is 0 Å². The second kappa shape index (κ2) is 5.24. The fraction of sp³-hybridized carbons (Fsp3) is 0.353. The number of ether oxygens (including phenoxy) is 1. The lowest BCUT2D eigenvalue weighted by Gasteiger charge is -2.38. The second-order valence-corrected chi connectivity index (χ2v) is 5.70. The van der Waals surface area contributed by atoms with Gasteiger partial charge in [0.15, 0.2) is 0 Å². The zero-order valence-corrected chi connectivity index (χ0v) is 11.7. The van der Waals surface area contributed by atoms with Crippen LogP contribution in [0.2, 0.25) is 0 Å². The molecule has 3 heteroatoms. The summed E-state index contributed by atoms with van der Waals surface area (Å²) in [5.41, 5.74) is 0.998. The molecule has 0 aliphatic carbocycles. The molecule has 0 bridgehead atoms. The van der Waals surface area contributed by atoms with Crippen LogP contribution in [-0.2, 0) is 11.3 Å². The number of nitrogens with zero attached hydrogens (tertiary/aromatic N) is 2. The maximum Gasteiger partial charge on any atom is 0.116 e. The summed E-state index contributed by atoms with van der Waals surface area (Å²) >= 11 is 0. The highest BCUT2D eigenvalue weighted by Gasteiger charge is 2.39. The highest BCUT2D eigenvalue weighted by molar-refractivity contribution is 5.85. The van der Waals surface area contributed by atoms with E-state index in [1.165, 1.54) is 16.3 Å². The molecule has 0 saturated carbocycles. The van der Waals surface area contributed by atoms with Crippen LogP contribution in [0.1, 0.15) is 5.56 Å². The molecule has 0 unspecified atom stereocenters. The Labute approximate surface area is 119 Å². The summed E-state index contributed by atoms with van der Waals surface area (Å²) in [4.78, 5) is 2.22. The van der Waals surface area contributed by atoms with Gasteiger partial charge in [0, 0.05) is 13.1 Å². The Morgan fingerprint density at radius 2 is 1.95 bits per heavy atom. The van der Waals surface area contributed by atoms with Gasteiger partial charge in [-0.1, -0.05) is 42.5 Å². The van der Waals surface area contributed by atoms with Gasteiger partial charge in [-0.3, -0.25) is 0 Å². The smallest absolute Gasteiger partial charge is 0.116 e. The van der Waals surface area contributed by atoms with Crippen LogP contribution in [0, 0.1) is 16.7 Å². The third-order valence-electron chi connectivity index (χ3n) is 3.89. The summed E-state index contributed by atoms with van der Waals surface area (Å²) in [7, 11) is 2.07. The van der Waals surface area contributed by atoms with Crippen LogP contribution in [0.15, 0.2) is 42.5 Å². The number of hydrogen-bond donors (Lipinski definition) is 0. The van der Waals surface area contributed by atoms with Gasteiger partial charge in [-0.2, -0.15) is 5.26 Å². The minimum atomic E-state index is -0.306. The SMILES string of the molecule is CN(Cc1cccc2ccccc12)CC1(C#N)COC1. The molecule has 2 aromatic carbocycles. The Morgan fingerprint density at radius 3 is 2.65 bits per heavy atom. The van der Waals surface area contributed by atoms with E-state index in [1.807, 2.05) is 0 Å². The molecule has 0 spiro atoms. The molecule has 1 aliphatic heterocycles. The molecule has 3 nitrogen and oxygen atoms in total. The lowest BCUT2D eigenvalue weighted by molar-refractivity contribution is -0.0895. The van der Waals surface area contributed by atoms with E-state index in [0.717, 1.165) is 13.1 Å². The summed E-state index contributed by atoms with van der Waals surface area (Å²) in [6, 6.07) is 17.2. The van der Waals surface area contributed by atoms with Gasteiger partial charge in [-0.25, -0.2) is 0 Å². The van der Waals surface area contributed by atoms with E-state index in [2.05, 4.69) is 60.5 Å². The third-order valence-corrected chi connectivity index (χ3v) is 3.89. The minimum absolute atomic E-state index is 0.306. The first kappa shape index (κ1) is 13.1. The number of rotatable bonds is 4. The number of nitriles is 1. The van der Waals surface area contributed by atoms with Crippen molar-refractivity contribution >= 4 is 10.8 Å². The fourth-order valence-electron chi connectivity index (χ4n) is 2.83. The molecule has 0 atom stereocenters. The van der Waals surface area contributed by atoms with Crippen molar-refractivity contribution in [1.29, 1.82) is 5.26 Å². The van der Waals surface area contributed by atoms with E-state index in [-0.39, 0.29) is 5.41 Å². The maximum absolute atomic E-state index is 9.27. The lowest BCUT2D eigenvalue weighted by atomic mass is 9.87. The first-order valence-corrected chi connectivity index (χ1v) is 6.87. The molecule has 0 radical (unpaired) electrons. The van der Waals surface area contributed by atoms with E-state index in [9.17, 15) is 5.26 Å². The summed E-state index contributed by atoms with van der Waals surface area (Å²) in [6.45, 7) is 2.73. The average molecular weight is 266 g/mol. The second-order valence-electron chi connectivity index (χ2n) is 5.70. The van der Waals surface area contributed by atoms with Gasteiger partial charge in [-0.05, 0) is 23.4 Å². The van der Waals surface area contributed by atoms with Crippen molar-refractivity contribution in [2.24, 2.45) is 5.41 Å². The zero-order chi connectivity index (χ0) is 14.0. The molecule has 0 amide bonds. The van der Waals surface area contributed by atoms with E-state index >= 15 is 0 Å². The molecular formula is C17H18N2O. The summed E-state index contributed by atoms with van der Waals surface area (Å²) in [5, 5.41) is 11.8. The van der Waals surface area contributed by atoms with Crippen LogP contribution in [0.25, 0.3) is 10.8 Å². The van der Waals surface area contributed by atoms with Gasteiger partial charge in [0.2, 0.25) is 0 Å². The van der Waals surface area contributed by atoms with Crippen molar-refractivity contribution in [2.45, 2.75) is 6.54 Å². The Hall–Kier alpha value is -1.89. The van der Waals surface area contributed by atoms with E-state index in [1.54, 1.807) is 0 Å². The fourth-order valence-corrected chi connectivity index (χ4v) is 2.83. The highest BCUT2D eigenvalue weighted by atomic mass is 16.5. The van der Waals surface area contributed by atoms with E-state index in [4.69, 9.17) is 4.74 Å². The van der Waals surface area contributed by atoms with Gasteiger partial charge in [0.05, 0.1) is 19.3 Å². The monoisotopic (exact) mass is 266 g/mol. The average Bonchev–Trinajstić information content (AvgIpc) is 2.43. The topological polar surface area (TPSA) is 36.3 Å². The molecule has 102 valence electrons.